The Morgan fingerprint density at radius 2 is 1.89 bits per heavy atom. The van der Waals surface area contributed by atoms with Gasteiger partial charge in [0.25, 0.3) is 5.91 Å². The maximum Gasteiger partial charge on any atom is 0.253 e. The van der Waals surface area contributed by atoms with Gasteiger partial charge in [-0.3, -0.25) is 4.79 Å². The van der Waals surface area contributed by atoms with E-state index in [-0.39, 0.29) is 17.7 Å². The second-order valence-corrected chi connectivity index (χ2v) is 9.10. The maximum atomic E-state index is 13.3. The number of carbonyl (C=O) groups is 1. The molecule has 0 saturated heterocycles. The summed E-state index contributed by atoms with van der Waals surface area (Å²) in [6.45, 7) is 0. The van der Waals surface area contributed by atoms with Gasteiger partial charge in [-0.05, 0) is 47.5 Å². The van der Waals surface area contributed by atoms with Crippen molar-refractivity contribution in [2.45, 2.75) is 24.0 Å². The molecule has 0 saturated carbocycles. The molecule has 0 aliphatic carbocycles. The number of thioether (sulfide) groups is 1. The van der Waals surface area contributed by atoms with E-state index in [4.69, 9.17) is 14.3 Å². The SMILES string of the molecule is COc1ccc(C2=NN(C(=O)CSc3nnc(Cc4ccccc4)n3C)[C@H](c3ccco3)C2)cc1. The van der Waals surface area contributed by atoms with E-state index in [0.717, 1.165) is 28.4 Å². The number of rotatable bonds is 8. The highest BCUT2D eigenvalue weighted by Gasteiger charge is 2.35. The van der Waals surface area contributed by atoms with Gasteiger partial charge in [-0.15, -0.1) is 10.2 Å². The lowest BCUT2D eigenvalue weighted by Gasteiger charge is -2.19. The minimum Gasteiger partial charge on any atom is -0.497 e. The Kier molecular flexibility index (Phi) is 6.67. The predicted octanol–water partition coefficient (Wildman–Crippen LogP) is 4.48. The minimum absolute atomic E-state index is 0.118. The number of amides is 1. The molecular weight excluding hydrogens is 462 g/mol. The quantitative estimate of drug-likeness (QED) is 0.341. The van der Waals surface area contributed by atoms with Crippen LogP contribution in [-0.2, 0) is 18.3 Å². The van der Waals surface area contributed by atoms with Gasteiger partial charge in [0, 0.05) is 19.9 Å². The lowest BCUT2D eigenvalue weighted by atomic mass is 10.0. The molecule has 0 radical (unpaired) electrons. The molecule has 1 aliphatic heterocycles. The van der Waals surface area contributed by atoms with E-state index in [9.17, 15) is 4.79 Å². The lowest BCUT2D eigenvalue weighted by molar-refractivity contribution is -0.130. The Bertz CT molecular complexity index is 1320. The number of nitrogens with zero attached hydrogens (tertiary/aromatic N) is 5. The third-order valence-corrected chi connectivity index (χ3v) is 6.92. The fourth-order valence-electron chi connectivity index (χ4n) is 4.00. The van der Waals surface area contributed by atoms with Gasteiger partial charge in [-0.25, -0.2) is 5.01 Å². The van der Waals surface area contributed by atoms with Crippen molar-refractivity contribution in [3.05, 3.63) is 95.7 Å². The molecule has 0 spiro atoms. The molecule has 3 heterocycles. The Morgan fingerprint density at radius 1 is 1.09 bits per heavy atom. The number of ether oxygens (including phenoxy) is 1. The van der Waals surface area contributed by atoms with Crippen LogP contribution in [0, 0.1) is 0 Å². The molecule has 35 heavy (non-hydrogen) atoms. The van der Waals surface area contributed by atoms with Crippen molar-refractivity contribution in [2.24, 2.45) is 12.1 Å². The summed E-state index contributed by atoms with van der Waals surface area (Å²) in [6, 6.07) is 21.2. The normalized spacial score (nSPS) is 15.3. The number of carbonyl (C=O) groups excluding carboxylic acids is 1. The van der Waals surface area contributed by atoms with Gasteiger partial charge in [-0.2, -0.15) is 5.10 Å². The van der Waals surface area contributed by atoms with Crippen molar-refractivity contribution in [2.75, 3.05) is 12.9 Å². The van der Waals surface area contributed by atoms with Crippen molar-refractivity contribution in [1.29, 1.82) is 0 Å². The molecule has 2 aromatic heterocycles. The van der Waals surface area contributed by atoms with Crippen molar-refractivity contribution in [3.63, 3.8) is 0 Å². The molecule has 0 bridgehead atoms. The summed E-state index contributed by atoms with van der Waals surface area (Å²) in [5.41, 5.74) is 2.94. The Hall–Kier alpha value is -3.85. The van der Waals surface area contributed by atoms with Crippen LogP contribution in [0.5, 0.6) is 5.75 Å². The molecule has 0 N–H and O–H groups in total. The second-order valence-electron chi connectivity index (χ2n) is 8.16. The van der Waals surface area contributed by atoms with Gasteiger partial charge in [-0.1, -0.05) is 42.1 Å². The molecule has 5 rings (SSSR count). The van der Waals surface area contributed by atoms with E-state index in [2.05, 4.69) is 22.3 Å². The summed E-state index contributed by atoms with van der Waals surface area (Å²) >= 11 is 1.36. The number of hydrogen-bond donors (Lipinski definition) is 0. The molecule has 4 aromatic rings. The molecule has 1 amide bonds. The number of aromatic nitrogens is 3. The third kappa shape index (κ3) is 5.00. The Labute approximate surface area is 207 Å². The van der Waals surface area contributed by atoms with Crippen LogP contribution in [0.4, 0.5) is 0 Å². The number of benzene rings is 2. The van der Waals surface area contributed by atoms with Gasteiger partial charge >= 0.3 is 0 Å². The van der Waals surface area contributed by atoms with Crippen LogP contribution >= 0.6 is 11.8 Å². The molecule has 8 nitrogen and oxygen atoms in total. The molecule has 9 heteroatoms. The van der Waals surface area contributed by atoms with Crippen LogP contribution < -0.4 is 4.74 Å². The fraction of sp³-hybridized carbons (Fsp3) is 0.231. The minimum atomic E-state index is -0.289. The zero-order chi connectivity index (χ0) is 24.2. The van der Waals surface area contributed by atoms with E-state index in [1.54, 1.807) is 13.4 Å². The second kappa shape index (κ2) is 10.2. The highest BCUT2D eigenvalue weighted by molar-refractivity contribution is 7.99. The summed E-state index contributed by atoms with van der Waals surface area (Å²) < 4.78 is 12.8. The molecule has 178 valence electrons. The summed E-state index contributed by atoms with van der Waals surface area (Å²) in [5.74, 6) is 2.40. The molecule has 1 atom stereocenters. The lowest BCUT2D eigenvalue weighted by Crippen LogP contribution is -2.28. The summed E-state index contributed by atoms with van der Waals surface area (Å²) in [4.78, 5) is 13.3. The van der Waals surface area contributed by atoms with E-state index >= 15 is 0 Å². The molecular formula is C26H25N5O3S. The number of hydrogen-bond acceptors (Lipinski definition) is 7. The van der Waals surface area contributed by atoms with E-state index in [0.29, 0.717) is 23.8 Å². The number of methoxy groups -OCH3 is 1. The molecule has 0 unspecified atom stereocenters. The van der Waals surface area contributed by atoms with Crippen LogP contribution in [-0.4, -0.2) is 44.3 Å². The van der Waals surface area contributed by atoms with Crippen molar-refractivity contribution in [1.82, 2.24) is 19.8 Å². The van der Waals surface area contributed by atoms with E-state index in [1.165, 1.54) is 16.8 Å². The van der Waals surface area contributed by atoms with Crippen LogP contribution in [0.15, 0.2) is 87.7 Å². The largest absolute Gasteiger partial charge is 0.497 e. The van der Waals surface area contributed by atoms with Crippen molar-refractivity contribution < 1.29 is 13.9 Å². The highest BCUT2D eigenvalue weighted by Crippen LogP contribution is 2.34. The van der Waals surface area contributed by atoms with Crippen LogP contribution in [0.3, 0.4) is 0 Å². The van der Waals surface area contributed by atoms with Gasteiger partial charge in [0.2, 0.25) is 0 Å². The predicted molar refractivity (Wildman–Crippen MR) is 133 cm³/mol. The van der Waals surface area contributed by atoms with Gasteiger partial charge < -0.3 is 13.7 Å². The van der Waals surface area contributed by atoms with Crippen LogP contribution in [0.25, 0.3) is 0 Å². The monoisotopic (exact) mass is 487 g/mol. The molecule has 0 fully saturated rings. The maximum absolute atomic E-state index is 13.3. The molecule has 1 aliphatic rings. The number of hydrazone groups is 1. The third-order valence-electron chi connectivity index (χ3n) is 5.92. The smallest absolute Gasteiger partial charge is 0.253 e. The Balaban J connectivity index is 1.30. The van der Waals surface area contributed by atoms with Crippen LogP contribution in [0.1, 0.15) is 35.2 Å². The molecule has 2 aromatic carbocycles. The van der Waals surface area contributed by atoms with E-state index in [1.807, 2.05) is 66.2 Å². The first-order valence-corrected chi connectivity index (χ1v) is 12.2. The summed E-state index contributed by atoms with van der Waals surface area (Å²) in [5, 5.41) is 15.5. The van der Waals surface area contributed by atoms with Gasteiger partial charge in [0.15, 0.2) is 5.16 Å². The standard InChI is InChI=1S/C26H25N5O3S/c1-30-24(15-18-7-4-3-5-8-18)27-28-26(30)35-17-25(32)31-22(23-9-6-14-34-23)16-21(29-31)19-10-12-20(33-2)13-11-19/h3-14,22H,15-17H2,1-2H3/t22-/m0/s1. The summed E-state index contributed by atoms with van der Waals surface area (Å²) in [7, 11) is 3.56. The Morgan fingerprint density at radius 3 is 2.60 bits per heavy atom. The first-order chi connectivity index (χ1) is 17.1. The van der Waals surface area contributed by atoms with E-state index < -0.39 is 0 Å². The number of furan rings is 1. The topological polar surface area (TPSA) is 85.8 Å². The van der Waals surface area contributed by atoms with Crippen molar-refractivity contribution >= 4 is 23.4 Å². The van der Waals surface area contributed by atoms with Gasteiger partial charge in [0.1, 0.15) is 23.4 Å². The summed E-state index contributed by atoms with van der Waals surface area (Å²) in [6.07, 6.45) is 2.87. The zero-order valence-electron chi connectivity index (χ0n) is 19.5. The van der Waals surface area contributed by atoms with Gasteiger partial charge in [0.05, 0.1) is 24.8 Å². The van der Waals surface area contributed by atoms with Crippen molar-refractivity contribution in [3.8, 4) is 5.75 Å². The van der Waals surface area contributed by atoms with Crippen LogP contribution in [0.2, 0.25) is 0 Å². The first kappa shape index (κ1) is 22.9. The fourth-order valence-corrected chi connectivity index (χ4v) is 4.78. The highest BCUT2D eigenvalue weighted by atomic mass is 32.2. The average Bonchev–Trinajstić information content (AvgIpc) is 3.65. The first-order valence-electron chi connectivity index (χ1n) is 11.2. The zero-order valence-corrected chi connectivity index (χ0v) is 20.3. The average molecular weight is 488 g/mol.